The Kier molecular flexibility index (Phi) is 1.51. The molecule has 3 fully saturated rings. The van der Waals surface area contributed by atoms with Gasteiger partial charge in [0, 0.05) is 0 Å². The molecule has 3 unspecified atom stereocenters. The van der Waals surface area contributed by atoms with E-state index < -0.39 is 0 Å². The minimum Gasteiger partial charge on any atom is -0.469 e. The number of ether oxygens (including phenoxy) is 1. The third kappa shape index (κ3) is 0.782. The molecule has 2 bridgehead atoms. The molecular weight excluding hydrogens is 152 g/mol. The first-order valence-corrected chi connectivity index (χ1v) is 4.65. The second-order valence-corrected chi connectivity index (χ2v) is 4.73. The van der Waals surface area contributed by atoms with E-state index in [1.807, 2.05) is 0 Å². The monoisotopic (exact) mass is 168 g/mol. The number of esters is 1. The molecular formula is C10H16O2. The highest BCUT2D eigenvalue weighted by atomic mass is 16.5. The zero-order valence-electron chi connectivity index (χ0n) is 7.96. The van der Waals surface area contributed by atoms with Crippen LogP contribution in [0.25, 0.3) is 0 Å². The zero-order chi connectivity index (χ0) is 8.93. The summed E-state index contributed by atoms with van der Waals surface area (Å²) in [5.41, 5.74) is 0.402. The molecule has 3 aliphatic rings. The van der Waals surface area contributed by atoms with Gasteiger partial charge in [0.2, 0.25) is 0 Å². The van der Waals surface area contributed by atoms with Crippen LogP contribution in [0.4, 0.5) is 0 Å². The summed E-state index contributed by atoms with van der Waals surface area (Å²) in [5, 5.41) is 0. The largest absolute Gasteiger partial charge is 0.469 e. The third-order valence-electron chi connectivity index (χ3n) is 4.07. The van der Waals surface area contributed by atoms with E-state index in [2.05, 4.69) is 13.8 Å². The van der Waals surface area contributed by atoms with Gasteiger partial charge in [0.15, 0.2) is 0 Å². The van der Waals surface area contributed by atoms with Gasteiger partial charge in [0.1, 0.15) is 0 Å². The standard InChI is InChI=1S/C10H16O2/c1-10(2)6-4-7(8(10)5-6)9(11)12-3/h6-8H,4-5H2,1-3H3. The lowest BCUT2D eigenvalue weighted by Gasteiger charge is -2.44. The molecule has 12 heavy (non-hydrogen) atoms. The minimum absolute atomic E-state index is 0.00748. The van der Waals surface area contributed by atoms with Crippen LogP contribution in [-0.2, 0) is 9.53 Å². The minimum atomic E-state index is 0.00748. The molecule has 2 nitrogen and oxygen atoms in total. The Labute approximate surface area is 73.3 Å². The Morgan fingerprint density at radius 1 is 1.42 bits per heavy atom. The van der Waals surface area contributed by atoms with Crippen molar-refractivity contribution in [2.24, 2.45) is 23.2 Å². The van der Waals surface area contributed by atoms with E-state index in [0.717, 1.165) is 12.3 Å². The van der Waals surface area contributed by atoms with Crippen LogP contribution in [0.5, 0.6) is 0 Å². The van der Waals surface area contributed by atoms with Gasteiger partial charge in [-0.15, -0.1) is 0 Å². The first-order chi connectivity index (χ1) is 5.57. The lowest BCUT2D eigenvalue weighted by atomic mass is 9.60. The van der Waals surface area contributed by atoms with Crippen LogP contribution >= 0.6 is 0 Å². The molecule has 0 aliphatic heterocycles. The van der Waals surface area contributed by atoms with Gasteiger partial charge in [-0.1, -0.05) is 13.8 Å². The van der Waals surface area contributed by atoms with Crippen LogP contribution in [-0.4, -0.2) is 13.1 Å². The van der Waals surface area contributed by atoms with Crippen LogP contribution in [0.1, 0.15) is 26.7 Å². The fourth-order valence-electron chi connectivity index (χ4n) is 3.02. The molecule has 0 heterocycles. The molecule has 0 aromatic carbocycles. The Morgan fingerprint density at radius 3 is 2.42 bits per heavy atom. The normalized spacial score (nSPS) is 42.1. The van der Waals surface area contributed by atoms with Crippen molar-refractivity contribution in [3.05, 3.63) is 0 Å². The second kappa shape index (κ2) is 2.24. The van der Waals surface area contributed by atoms with Gasteiger partial charge >= 0.3 is 5.97 Å². The van der Waals surface area contributed by atoms with Gasteiger partial charge < -0.3 is 4.74 Å². The van der Waals surface area contributed by atoms with Crippen molar-refractivity contribution >= 4 is 5.97 Å². The predicted octanol–water partition coefficient (Wildman–Crippen LogP) is 1.84. The maximum atomic E-state index is 11.3. The van der Waals surface area contributed by atoms with Crippen molar-refractivity contribution in [3.8, 4) is 0 Å². The van der Waals surface area contributed by atoms with Crippen molar-refractivity contribution in [2.45, 2.75) is 26.7 Å². The summed E-state index contributed by atoms with van der Waals surface area (Å²) in [5.74, 6) is 1.57. The molecule has 0 aromatic heterocycles. The Hall–Kier alpha value is -0.530. The molecule has 0 saturated heterocycles. The summed E-state index contributed by atoms with van der Waals surface area (Å²) in [6.07, 6.45) is 2.30. The maximum absolute atomic E-state index is 11.3. The number of carbonyl (C=O) groups excluding carboxylic acids is 1. The number of hydrogen-bond acceptors (Lipinski definition) is 2. The van der Waals surface area contributed by atoms with Crippen molar-refractivity contribution < 1.29 is 9.53 Å². The van der Waals surface area contributed by atoms with E-state index in [4.69, 9.17) is 4.74 Å². The van der Waals surface area contributed by atoms with Gasteiger partial charge in [0.05, 0.1) is 13.0 Å². The van der Waals surface area contributed by atoms with E-state index >= 15 is 0 Å². The fourth-order valence-corrected chi connectivity index (χ4v) is 3.02. The number of carbonyl (C=O) groups is 1. The molecule has 0 radical (unpaired) electrons. The molecule has 0 amide bonds. The van der Waals surface area contributed by atoms with E-state index in [1.165, 1.54) is 13.5 Å². The molecule has 2 heteroatoms. The van der Waals surface area contributed by atoms with E-state index in [9.17, 15) is 4.79 Å². The molecule has 3 atom stereocenters. The zero-order valence-corrected chi connectivity index (χ0v) is 7.96. The smallest absolute Gasteiger partial charge is 0.308 e. The van der Waals surface area contributed by atoms with Gasteiger partial charge in [0.25, 0.3) is 0 Å². The average Bonchev–Trinajstić information content (AvgIpc) is 2.58. The summed E-state index contributed by atoms with van der Waals surface area (Å²) >= 11 is 0. The molecule has 0 N–H and O–H groups in total. The van der Waals surface area contributed by atoms with E-state index in [-0.39, 0.29) is 11.9 Å². The highest BCUT2D eigenvalue weighted by Gasteiger charge is 2.60. The van der Waals surface area contributed by atoms with Crippen LogP contribution < -0.4 is 0 Å². The van der Waals surface area contributed by atoms with Crippen LogP contribution in [0.2, 0.25) is 0 Å². The molecule has 3 aliphatic carbocycles. The van der Waals surface area contributed by atoms with Gasteiger partial charge in [-0.3, -0.25) is 4.79 Å². The Morgan fingerprint density at radius 2 is 2.08 bits per heavy atom. The van der Waals surface area contributed by atoms with Crippen molar-refractivity contribution in [3.63, 3.8) is 0 Å². The molecule has 0 spiro atoms. The number of methoxy groups -OCH3 is 1. The van der Waals surface area contributed by atoms with Gasteiger partial charge in [-0.05, 0) is 30.1 Å². The summed E-state index contributed by atoms with van der Waals surface area (Å²) < 4.78 is 4.79. The summed E-state index contributed by atoms with van der Waals surface area (Å²) in [6, 6.07) is 0. The highest BCUT2D eigenvalue weighted by molar-refractivity contribution is 5.74. The number of rotatable bonds is 1. The molecule has 3 rings (SSSR count). The highest BCUT2D eigenvalue weighted by Crippen LogP contribution is 2.64. The van der Waals surface area contributed by atoms with Crippen molar-refractivity contribution in [1.82, 2.24) is 0 Å². The summed E-state index contributed by atoms with van der Waals surface area (Å²) in [4.78, 5) is 11.3. The van der Waals surface area contributed by atoms with E-state index in [0.29, 0.717) is 11.3 Å². The van der Waals surface area contributed by atoms with E-state index in [1.54, 1.807) is 0 Å². The van der Waals surface area contributed by atoms with Crippen LogP contribution in [0.15, 0.2) is 0 Å². The topological polar surface area (TPSA) is 26.3 Å². The summed E-state index contributed by atoms with van der Waals surface area (Å²) in [6.45, 7) is 4.55. The van der Waals surface area contributed by atoms with Gasteiger partial charge in [-0.25, -0.2) is 0 Å². The quantitative estimate of drug-likeness (QED) is 0.558. The average molecular weight is 168 g/mol. The predicted molar refractivity (Wildman–Crippen MR) is 45.5 cm³/mol. The fraction of sp³-hybridized carbons (Fsp3) is 0.900. The number of hydrogen-bond donors (Lipinski definition) is 0. The Bertz CT molecular complexity index is 220. The molecule has 68 valence electrons. The first kappa shape index (κ1) is 8.09. The van der Waals surface area contributed by atoms with Crippen LogP contribution in [0, 0.1) is 23.2 Å². The lowest BCUT2D eigenvalue weighted by molar-refractivity contribution is -0.147. The third-order valence-corrected chi connectivity index (χ3v) is 4.07. The summed E-state index contributed by atoms with van der Waals surface area (Å²) in [7, 11) is 1.49. The second-order valence-electron chi connectivity index (χ2n) is 4.73. The first-order valence-electron chi connectivity index (χ1n) is 4.65. The number of fused-ring (bicyclic) bond motifs is 1. The molecule has 0 aromatic rings. The van der Waals surface area contributed by atoms with Crippen molar-refractivity contribution in [1.29, 1.82) is 0 Å². The van der Waals surface area contributed by atoms with Gasteiger partial charge in [-0.2, -0.15) is 0 Å². The maximum Gasteiger partial charge on any atom is 0.308 e. The Balaban J connectivity index is 2.11. The van der Waals surface area contributed by atoms with Crippen molar-refractivity contribution in [2.75, 3.05) is 7.11 Å². The lowest BCUT2D eigenvalue weighted by Crippen LogP contribution is -2.39. The van der Waals surface area contributed by atoms with Crippen LogP contribution in [0.3, 0.4) is 0 Å². The molecule has 3 saturated carbocycles. The SMILES string of the molecule is COC(=O)C1CC2CC1C2(C)C.